The quantitative estimate of drug-likeness (QED) is 0.520. The van der Waals surface area contributed by atoms with Crippen LogP contribution in [0.25, 0.3) is 0 Å². The highest BCUT2D eigenvalue weighted by Crippen LogP contribution is 2.30. The molecule has 0 aliphatic carbocycles. The van der Waals surface area contributed by atoms with Gasteiger partial charge in [0, 0.05) is 24.6 Å². The van der Waals surface area contributed by atoms with E-state index in [1.54, 1.807) is 24.3 Å². The summed E-state index contributed by atoms with van der Waals surface area (Å²) in [6.07, 6.45) is -4.94. The average Bonchev–Trinajstić information content (AvgIpc) is 3.26. The first-order valence-corrected chi connectivity index (χ1v) is 9.74. The second kappa shape index (κ2) is 9.31. The zero-order chi connectivity index (χ0) is 21.7. The average molecular weight is 438 g/mol. The Hall–Kier alpha value is -2.85. The molecule has 0 fully saturated rings. The third kappa shape index (κ3) is 5.61. The van der Waals surface area contributed by atoms with Gasteiger partial charge in [-0.05, 0) is 23.8 Å². The van der Waals surface area contributed by atoms with E-state index < -0.39 is 23.8 Å². The number of benzene rings is 1. The molecule has 1 aromatic heterocycles. The fraction of sp³-hybridized carbons (Fsp3) is 0.250. The third-order valence-corrected chi connectivity index (χ3v) is 5.05. The maximum absolute atomic E-state index is 12.5. The van der Waals surface area contributed by atoms with Crippen LogP contribution in [0, 0.1) is 0 Å². The number of alkyl halides is 3. The summed E-state index contributed by atoms with van der Waals surface area (Å²) in [5.41, 5.74) is -0.306. The van der Waals surface area contributed by atoms with Gasteiger partial charge in [0.2, 0.25) is 5.88 Å². The second-order valence-electron chi connectivity index (χ2n) is 6.20. The summed E-state index contributed by atoms with van der Waals surface area (Å²) in [5, 5.41) is 10.5. The molecule has 3 rings (SSSR count). The summed E-state index contributed by atoms with van der Waals surface area (Å²) >= 11 is 1.37. The van der Waals surface area contributed by atoms with Gasteiger partial charge in [0.1, 0.15) is 23.5 Å². The monoisotopic (exact) mass is 438 g/mol. The number of aromatic nitrogens is 1. The summed E-state index contributed by atoms with van der Waals surface area (Å²) in [7, 11) is 0. The van der Waals surface area contributed by atoms with Crippen molar-refractivity contribution in [2.24, 2.45) is 4.99 Å². The second-order valence-corrected chi connectivity index (χ2v) is 7.32. The van der Waals surface area contributed by atoms with E-state index in [9.17, 15) is 23.1 Å². The molecule has 30 heavy (non-hydrogen) atoms. The van der Waals surface area contributed by atoms with Crippen molar-refractivity contribution in [2.75, 3.05) is 12.3 Å². The molecular formula is C20H17F3N2O4S. The van der Waals surface area contributed by atoms with Gasteiger partial charge in [-0.1, -0.05) is 18.7 Å². The van der Waals surface area contributed by atoms with Crippen LogP contribution in [-0.4, -0.2) is 39.5 Å². The highest BCUT2D eigenvalue weighted by molar-refractivity contribution is 8.14. The highest BCUT2D eigenvalue weighted by atomic mass is 32.2. The number of aliphatic hydroxyl groups excluding tert-OH is 1. The number of carbonyl (C=O) groups is 1. The third-order valence-electron chi connectivity index (χ3n) is 4.01. The zero-order valence-electron chi connectivity index (χ0n) is 15.6. The summed E-state index contributed by atoms with van der Waals surface area (Å²) < 4.78 is 48.2. The van der Waals surface area contributed by atoms with E-state index in [4.69, 9.17) is 9.47 Å². The number of hydrogen-bond donors (Lipinski definition) is 1. The number of nitrogens with zero attached hydrogens (tertiary/aromatic N) is 2. The maximum atomic E-state index is 12.5. The largest absolute Gasteiger partial charge is 0.457 e. The predicted octanol–water partition coefficient (Wildman–Crippen LogP) is 4.00. The number of aliphatic hydroxyl groups is 1. The molecule has 1 unspecified atom stereocenters. The highest BCUT2D eigenvalue weighted by Gasteiger charge is 2.30. The van der Waals surface area contributed by atoms with Gasteiger partial charge in [0.05, 0.1) is 11.1 Å². The van der Waals surface area contributed by atoms with Crippen LogP contribution in [0.1, 0.15) is 11.1 Å². The Morgan fingerprint density at radius 1 is 1.23 bits per heavy atom. The van der Waals surface area contributed by atoms with Crippen molar-refractivity contribution in [1.82, 2.24) is 4.98 Å². The van der Waals surface area contributed by atoms with Crippen LogP contribution in [0.5, 0.6) is 11.6 Å². The molecule has 0 saturated carbocycles. The smallest absolute Gasteiger partial charge is 0.417 e. The molecule has 2 heterocycles. The molecule has 1 aromatic carbocycles. The van der Waals surface area contributed by atoms with Crippen molar-refractivity contribution in [3.05, 3.63) is 65.9 Å². The lowest BCUT2D eigenvalue weighted by molar-refractivity contribution is -0.141. The van der Waals surface area contributed by atoms with Crippen LogP contribution in [0.15, 0.2) is 59.7 Å². The Morgan fingerprint density at radius 2 is 1.97 bits per heavy atom. The summed E-state index contributed by atoms with van der Waals surface area (Å²) in [4.78, 5) is 19.8. The van der Waals surface area contributed by atoms with E-state index in [-0.39, 0.29) is 18.1 Å². The van der Waals surface area contributed by atoms with Gasteiger partial charge in [-0.3, -0.25) is 4.99 Å². The van der Waals surface area contributed by atoms with Crippen LogP contribution in [-0.2, 0) is 22.3 Å². The lowest BCUT2D eigenvalue weighted by Crippen LogP contribution is -2.25. The van der Waals surface area contributed by atoms with Crippen LogP contribution >= 0.6 is 11.8 Å². The van der Waals surface area contributed by atoms with E-state index in [1.165, 1.54) is 11.8 Å². The molecule has 2 aromatic rings. The first kappa shape index (κ1) is 21.8. The Labute approximate surface area is 174 Å². The fourth-order valence-electron chi connectivity index (χ4n) is 2.40. The first-order chi connectivity index (χ1) is 14.2. The minimum Gasteiger partial charge on any atom is -0.457 e. The van der Waals surface area contributed by atoms with Gasteiger partial charge in [0.15, 0.2) is 0 Å². The maximum Gasteiger partial charge on any atom is 0.417 e. The number of hydrogen-bond acceptors (Lipinski definition) is 7. The van der Waals surface area contributed by atoms with Gasteiger partial charge >= 0.3 is 12.1 Å². The molecule has 1 aliphatic heterocycles. The number of ether oxygens (including phenoxy) is 2. The van der Waals surface area contributed by atoms with E-state index in [2.05, 4.69) is 16.6 Å². The van der Waals surface area contributed by atoms with Crippen LogP contribution in [0.4, 0.5) is 13.2 Å². The summed E-state index contributed by atoms with van der Waals surface area (Å²) in [5.74, 6) is 0.395. The first-order valence-electron chi connectivity index (χ1n) is 8.75. The summed E-state index contributed by atoms with van der Waals surface area (Å²) in [6, 6.07) is 8.40. The van der Waals surface area contributed by atoms with Crippen molar-refractivity contribution in [2.45, 2.75) is 18.9 Å². The number of thioether (sulfide) groups is 1. The molecule has 1 aliphatic rings. The van der Waals surface area contributed by atoms with Gasteiger partial charge in [0.25, 0.3) is 0 Å². The number of halogens is 3. The van der Waals surface area contributed by atoms with Crippen molar-refractivity contribution in [1.29, 1.82) is 0 Å². The van der Waals surface area contributed by atoms with Gasteiger partial charge in [-0.25, -0.2) is 9.78 Å². The molecule has 10 heteroatoms. The van der Waals surface area contributed by atoms with Crippen molar-refractivity contribution < 1.29 is 32.5 Å². The normalized spacial score (nSPS) is 14.7. The zero-order valence-corrected chi connectivity index (χ0v) is 16.4. The topological polar surface area (TPSA) is 81.0 Å². The van der Waals surface area contributed by atoms with E-state index in [0.717, 1.165) is 17.9 Å². The Bertz CT molecular complexity index is 944. The molecule has 0 radical (unpaired) electrons. The van der Waals surface area contributed by atoms with Crippen LogP contribution < -0.4 is 4.74 Å². The van der Waals surface area contributed by atoms with Crippen LogP contribution in [0.2, 0.25) is 0 Å². The number of rotatable bonds is 7. The molecule has 158 valence electrons. The number of aliphatic imine (C=N–C) groups is 1. The predicted molar refractivity (Wildman–Crippen MR) is 105 cm³/mol. The van der Waals surface area contributed by atoms with E-state index >= 15 is 0 Å². The minimum absolute atomic E-state index is 0.0140. The minimum atomic E-state index is -4.46. The van der Waals surface area contributed by atoms with E-state index in [0.29, 0.717) is 29.1 Å². The number of pyridine rings is 1. The van der Waals surface area contributed by atoms with Crippen molar-refractivity contribution in [3.8, 4) is 11.6 Å². The SMILES string of the molecule is C=C(C(=O)OCc1ccc(Oc2ccc(C(F)(F)F)cn2)cc1)C(O)C1=NCCS1. The standard InChI is InChI=1S/C20H17F3N2O4S/c1-12(17(26)18-24-8-9-30-18)19(27)28-11-13-2-5-15(6-3-13)29-16-7-4-14(10-25-16)20(21,22)23/h2-7,10,17,26H,1,8-9,11H2. The molecule has 1 atom stereocenters. The fourth-order valence-corrected chi connectivity index (χ4v) is 3.28. The number of carbonyl (C=O) groups excluding carboxylic acids is 1. The van der Waals surface area contributed by atoms with Crippen molar-refractivity contribution in [3.63, 3.8) is 0 Å². The lowest BCUT2D eigenvalue weighted by atomic mass is 10.2. The molecule has 6 nitrogen and oxygen atoms in total. The van der Waals surface area contributed by atoms with E-state index in [1.807, 2.05) is 0 Å². The lowest BCUT2D eigenvalue weighted by Gasteiger charge is -2.13. The molecule has 0 saturated heterocycles. The van der Waals surface area contributed by atoms with Gasteiger partial charge < -0.3 is 14.6 Å². The molecule has 0 spiro atoms. The number of esters is 1. The summed E-state index contributed by atoms with van der Waals surface area (Å²) in [6.45, 7) is 4.12. The van der Waals surface area contributed by atoms with Crippen molar-refractivity contribution >= 4 is 22.8 Å². The van der Waals surface area contributed by atoms with Gasteiger partial charge in [-0.15, -0.1) is 11.8 Å². The molecule has 1 N–H and O–H groups in total. The molecular weight excluding hydrogens is 421 g/mol. The van der Waals surface area contributed by atoms with Gasteiger partial charge in [-0.2, -0.15) is 13.2 Å². The Kier molecular flexibility index (Phi) is 6.78. The molecule has 0 amide bonds. The Balaban J connectivity index is 1.52. The van der Waals surface area contributed by atoms with Crippen LogP contribution in [0.3, 0.4) is 0 Å². The molecule has 0 bridgehead atoms. The Morgan fingerprint density at radius 3 is 2.53 bits per heavy atom.